The van der Waals surface area contributed by atoms with E-state index in [0.29, 0.717) is 0 Å². The number of nitrogens with zero attached hydrogens (tertiary/aromatic N) is 1. The van der Waals surface area contributed by atoms with Crippen LogP contribution in [0.2, 0.25) is 0 Å². The molecule has 0 saturated carbocycles. The Morgan fingerprint density at radius 2 is 2.12 bits per heavy atom. The number of hydrogen-bond donors (Lipinski definition) is 1. The fourth-order valence-electron chi connectivity index (χ4n) is 2.32. The number of hydrogen-bond acceptors (Lipinski definition) is 2. The molecule has 0 unspecified atom stereocenters. The normalized spacial score (nSPS) is 14.4. The summed E-state index contributed by atoms with van der Waals surface area (Å²) in [5.41, 5.74) is 9.86. The molecule has 0 atom stereocenters. The predicted molar refractivity (Wildman–Crippen MR) is 70.9 cm³/mol. The van der Waals surface area contributed by atoms with Crippen LogP contribution in [-0.2, 0) is 12.8 Å². The second kappa shape index (κ2) is 3.55. The molecular formula is C12H10FIN2. The molecule has 0 aliphatic heterocycles. The van der Waals surface area contributed by atoms with Crippen molar-refractivity contribution in [1.29, 1.82) is 0 Å². The van der Waals surface area contributed by atoms with Gasteiger partial charge in [0, 0.05) is 20.3 Å². The topological polar surface area (TPSA) is 38.9 Å². The summed E-state index contributed by atoms with van der Waals surface area (Å²) in [4.78, 5) is 4.60. The molecule has 16 heavy (non-hydrogen) atoms. The Morgan fingerprint density at radius 1 is 1.31 bits per heavy atom. The van der Waals surface area contributed by atoms with Gasteiger partial charge in [-0.3, -0.25) is 4.98 Å². The van der Waals surface area contributed by atoms with Crippen molar-refractivity contribution in [3.63, 3.8) is 0 Å². The summed E-state index contributed by atoms with van der Waals surface area (Å²) in [6.07, 6.45) is 3.06. The second-order valence-corrected chi connectivity index (χ2v) is 5.25. The molecule has 0 fully saturated rings. The van der Waals surface area contributed by atoms with E-state index in [1.807, 2.05) is 0 Å². The molecule has 0 amide bonds. The molecule has 82 valence electrons. The number of rotatable bonds is 0. The largest absolute Gasteiger partial charge is 0.398 e. The van der Waals surface area contributed by atoms with E-state index in [1.165, 1.54) is 12.1 Å². The first kappa shape index (κ1) is 10.3. The molecule has 1 heterocycles. The summed E-state index contributed by atoms with van der Waals surface area (Å²) in [6.45, 7) is 0. The number of aromatic nitrogens is 1. The fourth-order valence-corrected chi connectivity index (χ4v) is 3.03. The summed E-state index contributed by atoms with van der Waals surface area (Å²) in [5.74, 6) is -0.247. The van der Waals surface area contributed by atoms with Gasteiger partial charge in [0.25, 0.3) is 0 Å². The lowest BCUT2D eigenvalue weighted by Gasteiger charge is -2.09. The monoisotopic (exact) mass is 328 g/mol. The highest BCUT2D eigenvalue weighted by Gasteiger charge is 2.19. The van der Waals surface area contributed by atoms with Gasteiger partial charge in [0.15, 0.2) is 0 Å². The quantitative estimate of drug-likeness (QED) is 0.755. The fraction of sp³-hybridized carbons (Fsp3) is 0.250. The first-order chi connectivity index (χ1) is 7.66. The summed E-state index contributed by atoms with van der Waals surface area (Å²) in [7, 11) is 0. The molecule has 2 aromatic rings. The number of nitrogens with two attached hydrogens (primary N) is 1. The van der Waals surface area contributed by atoms with E-state index in [9.17, 15) is 4.39 Å². The summed E-state index contributed by atoms with van der Waals surface area (Å²) >= 11 is 2.11. The van der Waals surface area contributed by atoms with Crippen molar-refractivity contribution in [3.8, 4) is 0 Å². The molecular weight excluding hydrogens is 318 g/mol. The van der Waals surface area contributed by atoms with Gasteiger partial charge in [0.05, 0.1) is 5.52 Å². The van der Waals surface area contributed by atoms with Gasteiger partial charge in [-0.2, -0.15) is 0 Å². The molecule has 0 bridgehead atoms. The minimum absolute atomic E-state index is 0.247. The molecule has 1 aromatic heterocycles. The van der Waals surface area contributed by atoms with Gasteiger partial charge in [-0.1, -0.05) is 0 Å². The zero-order chi connectivity index (χ0) is 11.3. The van der Waals surface area contributed by atoms with E-state index in [1.54, 1.807) is 0 Å². The van der Waals surface area contributed by atoms with Crippen LogP contribution < -0.4 is 5.73 Å². The van der Waals surface area contributed by atoms with Crippen LogP contribution in [0.1, 0.15) is 17.7 Å². The SMILES string of the molecule is Nc1c2c(nc3c(I)cc(F)cc13)CCC2. The lowest BCUT2D eigenvalue weighted by atomic mass is 10.1. The molecule has 1 aliphatic carbocycles. The Kier molecular flexibility index (Phi) is 2.27. The molecule has 2 nitrogen and oxygen atoms in total. The van der Waals surface area contributed by atoms with Gasteiger partial charge in [-0.25, -0.2) is 4.39 Å². The first-order valence-corrected chi connectivity index (χ1v) is 6.30. The highest BCUT2D eigenvalue weighted by molar-refractivity contribution is 14.1. The van der Waals surface area contributed by atoms with Crippen LogP contribution in [-0.4, -0.2) is 4.98 Å². The van der Waals surface area contributed by atoms with Crippen LogP contribution in [0.4, 0.5) is 10.1 Å². The Bertz CT molecular complexity index is 595. The van der Waals surface area contributed by atoms with Crippen molar-refractivity contribution in [1.82, 2.24) is 4.98 Å². The van der Waals surface area contributed by atoms with E-state index in [4.69, 9.17) is 5.73 Å². The summed E-state index contributed by atoms with van der Waals surface area (Å²) in [6, 6.07) is 2.98. The molecule has 0 saturated heterocycles. The zero-order valence-electron chi connectivity index (χ0n) is 8.56. The molecule has 0 spiro atoms. The molecule has 4 heteroatoms. The highest BCUT2D eigenvalue weighted by Crippen LogP contribution is 2.33. The third-order valence-electron chi connectivity index (χ3n) is 3.08. The van der Waals surface area contributed by atoms with Crippen LogP contribution >= 0.6 is 22.6 Å². The minimum Gasteiger partial charge on any atom is -0.398 e. The van der Waals surface area contributed by atoms with Crippen LogP contribution in [0, 0.1) is 9.39 Å². The highest BCUT2D eigenvalue weighted by atomic mass is 127. The number of fused-ring (bicyclic) bond motifs is 2. The Morgan fingerprint density at radius 3 is 2.94 bits per heavy atom. The molecule has 3 rings (SSSR count). The number of aryl methyl sites for hydroxylation is 1. The van der Waals surface area contributed by atoms with Crippen LogP contribution in [0.25, 0.3) is 10.9 Å². The predicted octanol–water partition coefficient (Wildman–Crippen LogP) is 3.05. The second-order valence-electron chi connectivity index (χ2n) is 4.09. The minimum atomic E-state index is -0.247. The van der Waals surface area contributed by atoms with E-state index in [0.717, 1.165) is 50.7 Å². The smallest absolute Gasteiger partial charge is 0.125 e. The van der Waals surface area contributed by atoms with Crippen molar-refractivity contribution in [3.05, 3.63) is 32.8 Å². The number of anilines is 1. The van der Waals surface area contributed by atoms with Gasteiger partial charge >= 0.3 is 0 Å². The van der Waals surface area contributed by atoms with Gasteiger partial charge in [0.1, 0.15) is 5.82 Å². The molecule has 1 aliphatic rings. The van der Waals surface area contributed by atoms with Crippen molar-refractivity contribution < 1.29 is 4.39 Å². The molecule has 0 radical (unpaired) electrons. The maximum absolute atomic E-state index is 13.3. The average Bonchev–Trinajstić information content (AvgIpc) is 2.68. The standard InChI is InChI=1S/C12H10FIN2/c13-6-4-8-11(15)7-2-1-3-10(7)16-12(8)9(14)5-6/h4-5H,1-3H2,(H2,15,16). The van der Waals surface area contributed by atoms with Crippen molar-refractivity contribution in [2.45, 2.75) is 19.3 Å². The van der Waals surface area contributed by atoms with E-state index in [-0.39, 0.29) is 5.82 Å². The van der Waals surface area contributed by atoms with E-state index in [2.05, 4.69) is 27.6 Å². The third-order valence-corrected chi connectivity index (χ3v) is 3.90. The number of halogens is 2. The van der Waals surface area contributed by atoms with Crippen LogP contribution in [0.15, 0.2) is 12.1 Å². The summed E-state index contributed by atoms with van der Waals surface area (Å²) in [5, 5.41) is 0.755. The zero-order valence-corrected chi connectivity index (χ0v) is 10.7. The van der Waals surface area contributed by atoms with E-state index < -0.39 is 0 Å². The van der Waals surface area contributed by atoms with Crippen LogP contribution in [0.3, 0.4) is 0 Å². The van der Waals surface area contributed by atoms with Gasteiger partial charge < -0.3 is 5.73 Å². The first-order valence-electron chi connectivity index (χ1n) is 5.23. The van der Waals surface area contributed by atoms with Gasteiger partial charge in [-0.15, -0.1) is 0 Å². The van der Waals surface area contributed by atoms with Crippen molar-refractivity contribution in [2.75, 3.05) is 5.73 Å². The Balaban J connectivity index is 2.46. The third kappa shape index (κ3) is 1.39. The number of benzene rings is 1. The maximum atomic E-state index is 13.3. The van der Waals surface area contributed by atoms with E-state index >= 15 is 0 Å². The maximum Gasteiger partial charge on any atom is 0.125 e. The lowest BCUT2D eigenvalue weighted by molar-refractivity contribution is 0.628. The van der Waals surface area contributed by atoms with Crippen LogP contribution in [0.5, 0.6) is 0 Å². The summed E-state index contributed by atoms with van der Waals surface area (Å²) < 4.78 is 14.2. The Hall–Kier alpha value is -0.910. The lowest BCUT2D eigenvalue weighted by Crippen LogP contribution is -2.00. The molecule has 2 N–H and O–H groups in total. The van der Waals surface area contributed by atoms with Gasteiger partial charge in [0.2, 0.25) is 0 Å². The van der Waals surface area contributed by atoms with Crippen molar-refractivity contribution in [2.24, 2.45) is 0 Å². The average molecular weight is 328 g/mol. The number of pyridine rings is 1. The van der Waals surface area contributed by atoms with Gasteiger partial charge in [-0.05, 0) is 59.5 Å². The van der Waals surface area contributed by atoms with Crippen molar-refractivity contribution >= 4 is 39.2 Å². The Labute approximate surface area is 106 Å². The molecule has 1 aromatic carbocycles. The number of nitrogen functional groups attached to an aromatic ring is 1.